The molecule has 0 aliphatic heterocycles. The van der Waals surface area contributed by atoms with Crippen LogP contribution in [0, 0.1) is 0 Å². The fourth-order valence-electron chi connectivity index (χ4n) is 0.647. The molecule has 0 aliphatic rings. The van der Waals surface area contributed by atoms with Crippen molar-refractivity contribution in [1.82, 2.24) is 0 Å². The Hall–Kier alpha value is -1.26. The lowest BCUT2D eigenvalue weighted by Crippen LogP contribution is -2.18. The van der Waals surface area contributed by atoms with E-state index in [2.05, 4.69) is 11.6 Å². The van der Waals surface area contributed by atoms with Gasteiger partial charge in [-0.2, -0.15) is 13.2 Å². The zero-order valence-electron chi connectivity index (χ0n) is 7.44. The van der Waals surface area contributed by atoms with Crippen LogP contribution in [0.5, 0.6) is 0 Å². The number of nitrogens with zero attached hydrogens (tertiary/aromatic N) is 1. The van der Waals surface area contributed by atoms with Gasteiger partial charge in [-0.1, -0.05) is 6.58 Å². The average Bonchev–Trinajstić information content (AvgIpc) is 1.96. The number of hydrogen-bond donors (Lipinski definition) is 1. The molecule has 0 atom stereocenters. The SMILES string of the molecule is C=C(C(C=C(C)N)=NC)C(F)(F)F. The molecule has 5 heteroatoms. The number of nitrogens with two attached hydrogens (primary N) is 1. The third-order valence-corrected chi connectivity index (χ3v) is 1.26. The van der Waals surface area contributed by atoms with Crippen LogP contribution in [0.4, 0.5) is 13.2 Å². The second-order valence-electron chi connectivity index (χ2n) is 2.47. The fraction of sp³-hybridized carbons (Fsp3) is 0.375. The molecule has 0 unspecified atom stereocenters. The van der Waals surface area contributed by atoms with Crippen LogP contribution < -0.4 is 5.73 Å². The number of aliphatic imine (C=N–C) groups is 1. The van der Waals surface area contributed by atoms with Crippen LogP contribution in [0.25, 0.3) is 0 Å². The van der Waals surface area contributed by atoms with E-state index in [1.54, 1.807) is 0 Å². The van der Waals surface area contributed by atoms with Gasteiger partial charge in [0.2, 0.25) is 0 Å². The van der Waals surface area contributed by atoms with Gasteiger partial charge in [-0.3, -0.25) is 4.99 Å². The molecular formula is C8H11F3N2. The third kappa shape index (κ3) is 3.78. The van der Waals surface area contributed by atoms with E-state index in [4.69, 9.17) is 5.73 Å². The lowest BCUT2D eigenvalue weighted by atomic mass is 10.1. The highest BCUT2D eigenvalue weighted by molar-refractivity contribution is 6.09. The Morgan fingerprint density at radius 1 is 1.46 bits per heavy atom. The molecule has 0 amide bonds. The molecule has 0 fully saturated rings. The Morgan fingerprint density at radius 3 is 2.15 bits per heavy atom. The summed E-state index contributed by atoms with van der Waals surface area (Å²) >= 11 is 0. The normalized spacial score (nSPS) is 14.5. The second kappa shape index (κ2) is 4.11. The topological polar surface area (TPSA) is 38.4 Å². The second-order valence-corrected chi connectivity index (χ2v) is 2.47. The number of rotatable bonds is 2. The molecule has 74 valence electrons. The standard InChI is InChI=1S/C8H11F3N2/c1-5(12)4-7(13-3)6(2)8(9,10)11/h4H,2,12H2,1,3H3. The van der Waals surface area contributed by atoms with Gasteiger partial charge in [0.25, 0.3) is 0 Å². The lowest BCUT2D eigenvalue weighted by Gasteiger charge is -2.09. The van der Waals surface area contributed by atoms with Crippen LogP contribution in [0.15, 0.2) is 28.9 Å². The number of halogens is 3. The molecular weight excluding hydrogens is 181 g/mol. The minimum absolute atomic E-state index is 0.243. The van der Waals surface area contributed by atoms with Crippen molar-refractivity contribution in [3.05, 3.63) is 23.9 Å². The first-order valence-electron chi connectivity index (χ1n) is 3.46. The molecule has 0 aromatic carbocycles. The summed E-state index contributed by atoms with van der Waals surface area (Å²) in [6.45, 7) is 4.38. The highest BCUT2D eigenvalue weighted by Gasteiger charge is 2.34. The van der Waals surface area contributed by atoms with Crippen molar-refractivity contribution in [3.8, 4) is 0 Å². The summed E-state index contributed by atoms with van der Waals surface area (Å²) in [4.78, 5) is 3.44. The van der Waals surface area contributed by atoms with Crippen molar-refractivity contribution in [2.45, 2.75) is 13.1 Å². The summed E-state index contributed by atoms with van der Waals surface area (Å²) in [5, 5.41) is 0. The van der Waals surface area contributed by atoms with Crippen LogP contribution in [-0.2, 0) is 0 Å². The first kappa shape index (κ1) is 11.7. The summed E-state index contributed by atoms with van der Waals surface area (Å²) in [5.41, 5.74) is 4.25. The van der Waals surface area contributed by atoms with E-state index in [1.165, 1.54) is 14.0 Å². The summed E-state index contributed by atoms with van der Waals surface area (Å²) in [7, 11) is 1.26. The van der Waals surface area contributed by atoms with Crippen molar-refractivity contribution < 1.29 is 13.2 Å². The van der Waals surface area contributed by atoms with Gasteiger partial charge in [0.15, 0.2) is 0 Å². The van der Waals surface area contributed by atoms with Gasteiger partial charge in [0, 0.05) is 12.7 Å². The highest BCUT2D eigenvalue weighted by atomic mass is 19.4. The predicted octanol–water partition coefficient (Wildman–Crippen LogP) is 2.04. The van der Waals surface area contributed by atoms with Crippen molar-refractivity contribution in [1.29, 1.82) is 0 Å². The van der Waals surface area contributed by atoms with Crippen LogP contribution in [0.1, 0.15) is 6.92 Å². The van der Waals surface area contributed by atoms with Crippen LogP contribution in [-0.4, -0.2) is 18.9 Å². The summed E-state index contributed by atoms with van der Waals surface area (Å²) < 4.78 is 36.3. The molecule has 0 aromatic heterocycles. The maximum absolute atomic E-state index is 12.1. The number of alkyl halides is 3. The monoisotopic (exact) mass is 192 g/mol. The maximum atomic E-state index is 12.1. The van der Waals surface area contributed by atoms with E-state index in [0.717, 1.165) is 6.08 Å². The molecule has 0 saturated heterocycles. The quantitative estimate of drug-likeness (QED) is 0.668. The van der Waals surface area contributed by atoms with Gasteiger partial charge in [-0.05, 0) is 13.0 Å². The van der Waals surface area contributed by atoms with Gasteiger partial charge in [-0.25, -0.2) is 0 Å². The minimum Gasteiger partial charge on any atom is -0.402 e. The van der Waals surface area contributed by atoms with Gasteiger partial charge < -0.3 is 5.73 Å². The van der Waals surface area contributed by atoms with Crippen LogP contribution in [0.2, 0.25) is 0 Å². The van der Waals surface area contributed by atoms with Crippen molar-refractivity contribution in [2.24, 2.45) is 10.7 Å². The molecule has 0 saturated carbocycles. The Kier molecular flexibility index (Phi) is 3.71. The van der Waals surface area contributed by atoms with E-state index in [0.29, 0.717) is 0 Å². The number of hydrogen-bond acceptors (Lipinski definition) is 2. The largest absolute Gasteiger partial charge is 0.417 e. The number of allylic oxidation sites excluding steroid dienone is 3. The zero-order chi connectivity index (χ0) is 10.6. The molecule has 0 bridgehead atoms. The Labute approximate surface area is 74.6 Å². The smallest absolute Gasteiger partial charge is 0.402 e. The van der Waals surface area contributed by atoms with E-state index >= 15 is 0 Å². The summed E-state index contributed by atoms with van der Waals surface area (Å²) in [6, 6.07) is 0. The zero-order valence-corrected chi connectivity index (χ0v) is 7.44. The molecule has 0 spiro atoms. The molecule has 0 aliphatic carbocycles. The highest BCUT2D eigenvalue weighted by Crippen LogP contribution is 2.25. The van der Waals surface area contributed by atoms with Gasteiger partial charge in [0.05, 0.1) is 11.3 Å². The minimum atomic E-state index is -4.46. The van der Waals surface area contributed by atoms with Crippen LogP contribution >= 0.6 is 0 Å². The van der Waals surface area contributed by atoms with E-state index in [9.17, 15) is 13.2 Å². The Morgan fingerprint density at radius 2 is 1.92 bits per heavy atom. The molecule has 0 heterocycles. The first-order valence-corrected chi connectivity index (χ1v) is 3.46. The maximum Gasteiger partial charge on any atom is 0.417 e. The predicted molar refractivity (Wildman–Crippen MR) is 46.5 cm³/mol. The molecule has 13 heavy (non-hydrogen) atoms. The average molecular weight is 192 g/mol. The van der Waals surface area contributed by atoms with E-state index in [-0.39, 0.29) is 11.4 Å². The first-order chi connectivity index (χ1) is 5.79. The molecule has 2 nitrogen and oxygen atoms in total. The van der Waals surface area contributed by atoms with Crippen molar-refractivity contribution in [2.75, 3.05) is 7.05 Å². The third-order valence-electron chi connectivity index (χ3n) is 1.26. The van der Waals surface area contributed by atoms with Gasteiger partial charge in [0.1, 0.15) is 0 Å². The van der Waals surface area contributed by atoms with Crippen LogP contribution in [0.3, 0.4) is 0 Å². The van der Waals surface area contributed by atoms with E-state index in [1.807, 2.05) is 0 Å². The molecule has 0 radical (unpaired) electrons. The Bertz CT molecular complexity index is 257. The summed E-state index contributed by atoms with van der Waals surface area (Å²) in [5.74, 6) is 0. The van der Waals surface area contributed by atoms with Gasteiger partial charge in [-0.15, -0.1) is 0 Å². The molecule has 0 aromatic rings. The van der Waals surface area contributed by atoms with Gasteiger partial charge >= 0.3 is 6.18 Å². The summed E-state index contributed by atoms with van der Waals surface area (Å²) in [6.07, 6.45) is -3.32. The fourth-order valence-corrected chi connectivity index (χ4v) is 0.647. The molecule has 0 rings (SSSR count). The van der Waals surface area contributed by atoms with Crippen molar-refractivity contribution in [3.63, 3.8) is 0 Å². The molecule has 2 N–H and O–H groups in total. The van der Waals surface area contributed by atoms with Crippen molar-refractivity contribution >= 4 is 5.71 Å². The Balaban J connectivity index is 4.85. The lowest BCUT2D eigenvalue weighted by molar-refractivity contribution is -0.0856. The van der Waals surface area contributed by atoms with E-state index < -0.39 is 11.7 Å².